The van der Waals surface area contributed by atoms with E-state index in [9.17, 15) is 5.26 Å². The number of nitriles is 1. The molecular formula is C17H27N3. The van der Waals surface area contributed by atoms with E-state index in [1.54, 1.807) is 0 Å². The van der Waals surface area contributed by atoms with Gasteiger partial charge in [0.1, 0.15) is 5.54 Å². The SMILES string of the molecule is CCN(CC(C#N)(NC(C)C)c1ccccc1)C(C)C. The van der Waals surface area contributed by atoms with Crippen molar-refractivity contribution in [3.63, 3.8) is 0 Å². The van der Waals surface area contributed by atoms with Crippen LogP contribution >= 0.6 is 0 Å². The summed E-state index contributed by atoms with van der Waals surface area (Å²) < 4.78 is 0. The van der Waals surface area contributed by atoms with Crippen molar-refractivity contribution in [1.29, 1.82) is 5.26 Å². The van der Waals surface area contributed by atoms with E-state index in [2.05, 4.69) is 50.9 Å². The first-order chi connectivity index (χ1) is 9.45. The summed E-state index contributed by atoms with van der Waals surface area (Å²) in [6.45, 7) is 12.3. The second-order valence-corrected chi connectivity index (χ2v) is 5.84. The van der Waals surface area contributed by atoms with Gasteiger partial charge >= 0.3 is 0 Å². The summed E-state index contributed by atoms with van der Waals surface area (Å²) in [5, 5.41) is 13.3. The van der Waals surface area contributed by atoms with Gasteiger partial charge in [-0.1, -0.05) is 37.3 Å². The van der Waals surface area contributed by atoms with E-state index in [1.165, 1.54) is 0 Å². The van der Waals surface area contributed by atoms with Crippen molar-refractivity contribution in [2.45, 2.75) is 52.2 Å². The lowest BCUT2D eigenvalue weighted by atomic mass is 9.89. The van der Waals surface area contributed by atoms with Crippen LogP contribution in [0.1, 0.15) is 40.2 Å². The Morgan fingerprint density at radius 1 is 1.20 bits per heavy atom. The fourth-order valence-corrected chi connectivity index (χ4v) is 2.53. The predicted molar refractivity (Wildman–Crippen MR) is 84.4 cm³/mol. The van der Waals surface area contributed by atoms with Gasteiger partial charge in [-0.05, 0) is 39.8 Å². The third-order valence-electron chi connectivity index (χ3n) is 3.57. The summed E-state index contributed by atoms with van der Waals surface area (Å²) in [4.78, 5) is 2.33. The van der Waals surface area contributed by atoms with Crippen LogP contribution in [0.2, 0.25) is 0 Å². The van der Waals surface area contributed by atoms with Gasteiger partial charge in [0.2, 0.25) is 0 Å². The molecule has 0 spiro atoms. The summed E-state index contributed by atoms with van der Waals surface area (Å²) in [5.74, 6) is 0. The maximum absolute atomic E-state index is 9.87. The molecule has 1 aromatic rings. The van der Waals surface area contributed by atoms with Gasteiger partial charge in [0.25, 0.3) is 0 Å². The average Bonchev–Trinajstić information content (AvgIpc) is 2.43. The van der Waals surface area contributed by atoms with E-state index in [4.69, 9.17) is 0 Å². The zero-order valence-corrected chi connectivity index (χ0v) is 13.4. The molecule has 0 amide bonds. The van der Waals surface area contributed by atoms with E-state index in [0.29, 0.717) is 12.6 Å². The van der Waals surface area contributed by atoms with Crippen LogP contribution in [-0.2, 0) is 5.54 Å². The van der Waals surface area contributed by atoms with Gasteiger partial charge in [-0.25, -0.2) is 0 Å². The van der Waals surface area contributed by atoms with Crippen LogP contribution in [-0.4, -0.2) is 30.1 Å². The van der Waals surface area contributed by atoms with Crippen molar-refractivity contribution in [2.75, 3.05) is 13.1 Å². The molecule has 0 fully saturated rings. The molecule has 0 saturated heterocycles. The molecule has 1 rings (SSSR count). The minimum atomic E-state index is -0.657. The molecule has 0 aliphatic heterocycles. The van der Waals surface area contributed by atoms with Gasteiger partial charge in [-0.3, -0.25) is 10.2 Å². The monoisotopic (exact) mass is 273 g/mol. The van der Waals surface area contributed by atoms with E-state index < -0.39 is 5.54 Å². The van der Waals surface area contributed by atoms with Crippen LogP contribution in [0, 0.1) is 11.3 Å². The third-order valence-corrected chi connectivity index (χ3v) is 3.57. The number of nitrogens with zero attached hydrogens (tertiary/aromatic N) is 2. The fraction of sp³-hybridized carbons (Fsp3) is 0.588. The summed E-state index contributed by atoms with van der Waals surface area (Å²) in [6.07, 6.45) is 0. The highest BCUT2D eigenvalue weighted by molar-refractivity contribution is 5.32. The Kier molecular flexibility index (Phi) is 6.19. The zero-order valence-electron chi connectivity index (χ0n) is 13.4. The Morgan fingerprint density at radius 3 is 2.20 bits per heavy atom. The minimum absolute atomic E-state index is 0.251. The quantitative estimate of drug-likeness (QED) is 0.829. The molecule has 3 nitrogen and oxygen atoms in total. The molecule has 0 aromatic heterocycles. The number of benzene rings is 1. The van der Waals surface area contributed by atoms with Crippen LogP contribution in [0.25, 0.3) is 0 Å². The molecular weight excluding hydrogens is 246 g/mol. The lowest BCUT2D eigenvalue weighted by Crippen LogP contribution is -2.53. The Bertz CT molecular complexity index is 433. The van der Waals surface area contributed by atoms with E-state index >= 15 is 0 Å². The lowest BCUT2D eigenvalue weighted by Gasteiger charge is -2.37. The van der Waals surface area contributed by atoms with Crippen LogP contribution in [0.5, 0.6) is 0 Å². The largest absolute Gasteiger partial charge is 0.298 e. The standard InChI is InChI=1S/C17H27N3/c1-6-20(15(4)5)13-17(12-18,19-14(2)3)16-10-8-7-9-11-16/h7-11,14-15,19H,6,13H2,1-5H3. The molecule has 20 heavy (non-hydrogen) atoms. The first-order valence-electron chi connectivity index (χ1n) is 7.43. The van der Waals surface area contributed by atoms with Crippen molar-refractivity contribution in [3.05, 3.63) is 35.9 Å². The number of rotatable bonds is 7. The summed E-state index contributed by atoms with van der Waals surface area (Å²) in [7, 11) is 0. The Labute approximate surface area is 123 Å². The van der Waals surface area contributed by atoms with Crippen LogP contribution in [0.3, 0.4) is 0 Å². The molecule has 0 aliphatic carbocycles. The van der Waals surface area contributed by atoms with Gasteiger partial charge in [0, 0.05) is 18.6 Å². The minimum Gasteiger partial charge on any atom is -0.298 e. The molecule has 1 unspecified atom stereocenters. The number of hydrogen-bond acceptors (Lipinski definition) is 3. The first-order valence-corrected chi connectivity index (χ1v) is 7.43. The Balaban J connectivity index is 3.16. The molecule has 1 aromatic carbocycles. The number of hydrogen-bond donors (Lipinski definition) is 1. The summed E-state index contributed by atoms with van der Waals surface area (Å²) in [6, 6.07) is 13.2. The molecule has 0 bridgehead atoms. The van der Waals surface area contributed by atoms with E-state index in [0.717, 1.165) is 12.1 Å². The van der Waals surface area contributed by atoms with Gasteiger partial charge in [-0.15, -0.1) is 0 Å². The predicted octanol–water partition coefficient (Wildman–Crippen LogP) is 3.13. The van der Waals surface area contributed by atoms with Crippen molar-refractivity contribution in [2.24, 2.45) is 0 Å². The second-order valence-electron chi connectivity index (χ2n) is 5.84. The van der Waals surface area contributed by atoms with Crippen LogP contribution in [0.4, 0.5) is 0 Å². The maximum Gasteiger partial charge on any atom is 0.145 e. The van der Waals surface area contributed by atoms with Gasteiger partial charge < -0.3 is 0 Å². The van der Waals surface area contributed by atoms with Crippen LogP contribution in [0.15, 0.2) is 30.3 Å². The van der Waals surface area contributed by atoms with Crippen LogP contribution < -0.4 is 5.32 Å². The molecule has 0 heterocycles. The van der Waals surface area contributed by atoms with Gasteiger partial charge in [0.15, 0.2) is 0 Å². The highest BCUT2D eigenvalue weighted by Crippen LogP contribution is 2.23. The van der Waals surface area contributed by atoms with Crippen molar-refractivity contribution in [1.82, 2.24) is 10.2 Å². The molecule has 3 heteroatoms. The normalized spacial score (nSPS) is 14.6. The molecule has 1 atom stereocenters. The molecule has 0 radical (unpaired) electrons. The van der Waals surface area contributed by atoms with E-state index in [1.807, 2.05) is 30.3 Å². The molecule has 110 valence electrons. The highest BCUT2D eigenvalue weighted by atomic mass is 15.2. The average molecular weight is 273 g/mol. The van der Waals surface area contributed by atoms with Crippen molar-refractivity contribution < 1.29 is 0 Å². The van der Waals surface area contributed by atoms with Crippen molar-refractivity contribution >= 4 is 0 Å². The van der Waals surface area contributed by atoms with Gasteiger partial charge in [0.05, 0.1) is 6.07 Å². The smallest absolute Gasteiger partial charge is 0.145 e. The Morgan fingerprint density at radius 2 is 1.80 bits per heavy atom. The first kappa shape index (κ1) is 16.7. The molecule has 0 saturated carbocycles. The van der Waals surface area contributed by atoms with Gasteiger partial charge in [-0.2, -0.15) is 5.26 Å². The second kappa shape index (κ2) is 7.42. The summed E-state index contributed by atoms with van der Waals surface area (Å²) in [5.41, 5.74) is 0.380. The number of likely N-dealkylation sites (N-methyl/N-ethyl adjacent to an activating group) is 1. The lowest BCUT2D eigenvalue weighted by molar-refractivity contribution is 0.175. The van der Waals surface area contributed by atoms with Crippen molar-refractivity contribution in [3.8, 4) is 6.07 Å². The Hall–Kier alpha value is -1.37. The topological polar surface area (TPSA) is 39.1 Å². The fourth-order valence-electron chi connectivity index (χ4n) is 2.53. The maximum atomic E-state index is 9.87. The zero-order chi connectivity index (χ0) is 15.2. The molecule has 0 aliphatic rings. The van der Waals surface area contributed by atoms with E-state index in [-0.39, 0.29) is 6.04 Å². The number of nitrogens with one attached hydrogen (secondary N) is 1. The molecule has 1 N–H and O–H groups in total. The highest BCUT2D eigenvalue weighted by Gasteiger charge is 2.35. The summed E-state index contributed by atoms with van der Waals surface area (Å²) >= 11 is 0. The third kappa shape index (κ3) is 4.06.